The molecular formula is C23H32F2N4O4. The first-order chi connectivity index (χ1) is 15.6. The summed E-state index contributed by atoms with van der Waals surface area (Å²) in [6, 6.07) is 5.54. The number of aryl methyl sites for hydroxylation is 1. The van der Waals surface area contributed by atoms with Crippen LogP contribution < -0.4 is 15.8 Å². The third-order valence-corrected chi connectivity index (χ3v) is 5.97. The van der Waals surface area contributed by atoms with Gasteiger partial charge in [0.1, 0.15) is 5.75 Å². The first kappa shape index (κ1) is 24.9. The number of piperidine rings is 1. The van der Waals surface area contributed by atoms with Crippen molar-refractivity contribution in [1.29, 1.82) is 0 Å². The molecule has 2 saturated heterocycles. The molecule has 2 aliphatic heterocycles. The molecule has 0 atom stereocenters. The smallest absolute Gasteiger partial charge is 0.324 e. The zero-order valence-corrected chi connectivity index (χ0v) is 19.1. The van der Waals surface area contributed by atoms with Gasteiger partial charge in [-0.25, -0.2) is 0 Å². The van der Waals surface area contributed by atoms with E-state index in [0.29, 0.717) is 51.3 Å². The Morgan fingerprint density at radius 3 is 2.58 bits per heavy atom. The van der Waals surface area contributed by atoms with Crippen molar-refractivity contribution < 1.29 is 27.8 Å². The van der Waals surface area contributed by atoms with Gasteiger partial charge in [0.05, 0.1) is 25.9 Å². The average Bonchev–Trinajstić information content (AvgIpc) is 2.73. The van der Waals surface area contributed by atoms with Crippen LogP contribution in [0, 0.1) is 12.8 Å². The van der Waals surface area contributed by atoms with E-state index in [-0.39, 0.29) is 17.9 Å². The second-order valence-corrected chi connectivity index (χ2v) is 8.77. The van der Waals surface area contributed by atoms with Crippen molar-refractivity contribution in [3.8, 4) is 5.75 Å². The van der Waals surface area contributed by atoms with Crippen molar-refractivity contribution in [3.63, 3.8) is 0 Å². The number of alkyl halides is 2. The second-order valence-electron chi connectivity index (χ2n) is 8.77. The molecule has 2 heterocycles. The molecule has 1 aromatic carbocycles. The minimum absolute atomic E-state index is 0.0898. The Balaban J connectivity index is 1.36. The summed E-state index contributed by atoms with van der Waals surface area (Å²) in [5.41, 5.74) is 7.21. The van der Waals surface area contributed by atoms with Crippen LogP contribution in [0.5, 0.6) is 5.75 Å². The van der Waals surface area contributed by atoms with Crippen LogP contribution in [0.1, 0.15) is 48.5 Å². The number of nitrogens with one attached hydrogen (secondary N) is 1. The summed E-state index contributed by atoms with van der Waals surface area (Å²) in [4.78, 5) is 28.6. The highest BCUT2D eigenvalue weighted by Gasteiger charge is 2.33. The van der Waals surface area contributed by atoms with Crippen molar-refractivity contribution in [2.75, 3.05) is 32.9 Å². The molecule has 2 amide bonds. The van der Waals surface area contributed by atoms with Gasteiger partial charge in [0, 0.05) is 25.6 Å². The maximum atomic E-state index is 13.0. The fourth-order valence-electron chi connectivity index (χ4n) is 3.85. The van der Waals surface area contributed by atoms with Crippen LogP contribution >= 0.6 is 0 Å². The van der Waals surface area contributed by atoms with Crippen LogP contribution in [0.15, 0.2) is 23.2 Å². The van der Waals surface area contributed by atoms with Gasteiger partial charge in [-0.05, 0) is 62.3 Å². The van der Waals surface area contributed by atoms with Crippen molar-refractivity contribution in [2.24, 2.45) is 16.6 Å². The molecule has 3 N–H and O–H groups in total. The summed E-state index contributed by atoms with van der Waals surface area (Å²) in [5.74, 6) is -4.07. The molecule has 182 valence electrons. The number of likely N-dealkylation sites (tertiary alicyclic amines) is 1. The fourth-order valence-corrected chi connectivity index (χ4v) is 3.85. The molecule has 0 spiro atoms. The summed E-state index contributed by atoms with van der Waals surface area (Å²) >= 11 is 0. The van der Waals surface area contributed by atoms with E-state index in [4.69, 9.17) is 15.2 Å². The van der Waals surface area contributed by atoms with Gasteiger partial charge in [-0.15, -0.1) is 0 Å². The maximum absolute atomic E-state index is 13.0. The molecule has 8 nitrogen and oxygen atoms in total. The number of rotatable bonds is 8. The standard InChI is InChI=1S/C23H32F2N4O4/c1-15-12-18(5-6-19(15)20(30)27-17-13-32-14-17)33-11-3-4-16-7-9-29(10-8-16)22(26)28-21(31)23(2,24)25/h5-6,12,16-17H,3-4,7-11,13-14H2,1-2H3,(H,27,30)(H2,26,28,31). The van der Waals surface area contributed by atoms with Crippen molar-refractivity contribution in [3.05, 3.63) is 29.3 Å². The number of hydrogen-bond acceptors (Lipinski definition) is 4. The van der Waals surface area contributed by atoms with E-state index in [1.807, 2.05) is 13.0 Å². The van der Waals surface area contributed by atoms with E-state index < -0.39 is 11.8 Å². The number of guanidine groups is 1. The lowest BCUT2D eigenvalue weighted by atomic mass is 9.92. The predicted octanol–water partition coefficient (Wildman–Crippen LogP) is 2.49. The van der Waals surface area contributed by atoms with Gasteiger partial charge in [-0.1, -0.05) is 0 Å². The Bertz CT molecular complexity index is 876. The predicted molar refractivity (Wildman–Crippen MR) is 120 cm³/mol. The number of hydrogen-bond donors (Lipinski definition) is 2. The summed E-state index contributed by atoms with van der Waals surface area (Å²) in [6.07, 6.45) is 3.54. The molecule has 2 aliphatic rings. The molecule has 0 saturated carbocycles. The summed E-state index contributed by atoms with van der Waals surface area (Å²) in [5, 5.41) is 2.93. The highest BCUT2D eigenvalue weighted by molar-refractivity contribution is 5.96. The van der Waals surface area contributed by atoms with Gasteiger partial charge >= 0.3 is 11.8 Å². The average molecular weight is 467 g/mol. The molecule has 3 rings (SSSR count). The molecule has 0 bridgehead atoms. The molecule has 0 radical (unpaired) electrons. The van der Waals surface area contributed by atoms with Gasteiger partial charge < -0.3 is 25.4 Å². The first-order valence-corrected chi connectivity index (χ1v) is 11.3. The van der Waals surface area contributed by atoms with Crippen molar-refractivity contribution in [1.82, 2.24) is 10.2 Å². The number of amides is 2. The quantitative estimate of drug-likeness (QED) is 0.346. The van der Waals surface area contributed by atoms with E-state index in [2.05, 4.69) is 10.3 Å². The molecule has 0 aliphatic carbocycles. The van der Waals surface area contributed by atoms with Crippen LogP contribution in [-0.2, 0) is 9.53 Å². The van der Waals surface area contributed by atoms with Crippen molar-refractivity contribution in [2.45, 2.75) is 51.5 Å². The van der Waals surface area contributed by atoms with E-state index in [1.165, 1.54) is 0 Å². The SMILES string of the molecule is Cc1cc(OCCCC2CCN(C(N)=NC(=O)C(C)(F)F)CC2)ccc1C(=O)NC1COC1. The fraction of sp³-hybridized carbons (Fsp3) is 0.609. The molecular weight excluding hydrogens is 434 g/mol. The van der Waals surface area contributed by atoms with Crippen molar-refractivity contribution >= 4 is 17.8 Å². The number of nitrogens with two attached hydrogens (primary N) is 1. The molecule has 33 heavy (non-hydrogen) atoms. The summed E-state index contributed by atoms with van der Waals surface area (Å²) < 4.78 is 36.9. The lowest BCUT2D eigenvalue weighted by molar-refractivity contribution is -0.139. The molecule has 10 heteroatoms. The molecule has 0 aromatic heterocycles. The third-order valence-electron chi connectivity index (χ3n) is 5.97. The third kappa shape index (κ3) is 7.12. The van der Waals surface area contributed by atoms with Gasteiger partial charge in [-0.2, -0.15) is 13.8 Å². The van der Waals surface area contributed by atoms with E-state index >= 15 is 0 Å². The Labute approximate surface area is 192 Å². The number of nitrogens with zero attached hydrogens (tertiary/aromatic N) is 2. The normalized spacial score (nSPS) is 18.1. The Hall–Kier alpha value is -2.75. The van der Waals surface area contributed by atoms with E-state index in [0.717, 1.165) is 37.0 Å². The maximum Gasteiger partial charge on any atom is 0.324 e. The van der Waals surface area contributed by atoms with Gasteiger partial charge in [0.25, 0.3) is 5.91 Å². The van der Waals surface area contributed by atoms with E-state index in [1.54, 1.807) is 17.0 Å². The lowest BCUT2D eigenvalue weighted by Crippen LogP contribution is -2.48. The number of halogens is 2. The minimum Gasteiger partial charge on any atom is -0.494 e. The Morgan fingerprint density at radius 1 is 1.30 bits per heavy atom. The van der Waals surface area contributed by atoms with Gasteiger partial charge in [0.15, 0.2) is 5.96 Å². The monoisotopic (exact) mass is 466 g/mol. The zero-order chi connectivity index (χ0) is 24.0. The topological polar surface area (TPSA) is 106 Å². The number of carbonyl (C=O) groups is 2. The Morgan fingerprint density at radius 2 is 2.00 bits per heavy atom. The van der Waals surface area contributed by atoms with Gasteiger partial charge in [0.2, 0.25) is 0 Å². The van der Waals surface area contributed by atoms with Crippen LogP contribution in [-0.4, -0.2) is 67.5 Å². The molecule has 0 unspecified atom stereocenters. The zero-order valence-electron chi connectivity index (χ0n) is 19.1. The van der Waals surface area contributed by atoms with Crippen LogP contribution in [0.2, 0.25) is 0 Å². The number of ether oxygens (including phenoxy) is 2. The van der Waals surface area contributed by atoms with E-state index in [9.17, 15) is 18.4 Å². The largest absolute Gasteiger partial charge is 0.494 e. The number of benzene rings is 1. The van der Waals surface area contributed by atoms with Crippen LogP contribution in [0.4, 0.5) is 8.78 Å². The highest BCUT2D eigenvalue weighted by Crippen LogP contribution is 2.23. The van der Waals surface area contributed by atoms with Crippen LogP contribution in [0.25, 0.3) is 0 Å². The molecule has 1 aromatic rings. The second kappa shape index (κ2) is 10.9. The lowest BCUT2D eigenvalue weighted by Gasteiger charge is -2.32. The summed E-state index contributed by atoms with van der Waals surface area (Å²) in [6.45, 7) is 5.25. The number of aliphatic imine (C=N–C) groups is 1. The number of carbonyl (C=O) groups excluding carboxylic acids is 2. The minimum atomic E-state index is -3.51. The highest BCUT2D eigenvalue weighted by atomic mass is 19.3. The first-order valence-electron chi connectivity index (χ1n) is 11.3. The van der Waals surface area contributed by atoms with Crippen LogP contribution in [0.3, 0.4) is 0 Å². The van der Waals surface area contributed by atoms with Gasteiger partial charge in [-0.3, -0.25) is 9.59 Å². The molecule has 2 fully saturated rings. The Kier molecular flexibility index (Phi) is 8.23. The summed E-state index contributed by atoms with van der Waals surface area (Å²) in [7, 11) is 0.